The van der Waals surface area contributed by atoms with Crippen molar-refractivity contribution in [3.05, 3.63) is 67.6 Å². The molecule has 1 aliphatic heterocycles. The molecule has 1 aliphatic rings. The van der Waals surface area contributed by atoms with Gasteiger partial charge in [0, 0.05) is 24.4 Å². The van der Waals surface area contributed by atoms with Crippen molar-refractivity contribution in [3.8, 4) is 0 Å². The number of likely N-dealkylation sites (tertiary alicyclic amines) is 1. The summed E-state index contributed by atoms with van der Waals surface area (Å²) in [6.07, 6.45) is 1.57. The average Bonchev–Trinajstić information content (AvgIpc) is 3.49. The number of rotatable bonds is 7. The molecule has 1 saturated heterocycles. The number of carbonyl (C=O) groups excluding carboxylic acids is 3. The van der Waals surface area contributed by atoms with Crippen LogP contribution in [0.1, 0.15) is 73.2 Å². The Labute approximate surface area is 212 Å². The van der Waals surface area contributed by atoms with Crippen molar-refractivity contribution >= 4 is 40.5 Å². The fourth-order valence-electron chi connectivity index (χ4n) is 4.14. The number of hydrogen-bond donors (Lipinski definition) is 1. The molecule has 0 bridgehead atoms. The van der Waals surface area contributed by atoms with Gasteiger partial charge in [0.15, 0.2) is 6.04 Å². The lowest BCUT2D eigenvalue weighted by molar-refractivity contribution is -0.145. The van der Waals surface area contributed by atoms with E-state index in [9.17, 15) is 14.4 Å². The molecule has 1 atom stereocenters. The second-order valence-electron chi connectivity index (χ2n) is 8.35. The number of aromatic nitrogens is 2. The van der Waals surface area contributed by atoms with Crippen LogP contribution in [0.3, 0.4) is 0 Å². The van der Waals surface area contributed by atoms with Gasteiger partial charge in [0.1, 0.15) is 10.6 Å². The maximum absolute atomic E-state index is 12.9. The number of ether oxygens (including phenoxy) is 1. The Bertz CT molecular complexity index is 1200. The number of amides is 2. The monoisotopic (exact) mass is 512 g/mol. The summed E-state index contributed by atoms with van der Waals surface area (Å²) in [4.78, 5) is 49.8. The van der Waals surface area contributed by atoms with Gasteiger partial charge in [0.05, 0.1) is 22.3 Å². The zero-order valence-electron chi connectivity index (χ0n) is 19.9. The molecule has 184 valence electrons. The van der Waals surface area contributed by atoms with E-state index in [0.717, 1.165) is 28.6 Å². The number of piperidine rings is 1. The van der Waals surface area contributed by atoms with E-state index < -0.39 is 17.9 Å². The van der Waals surface area contributed by atoms with Gasteiger partial charge < -0.3 is 15.0 Å². The molecule has 1 N–H and O–H groups in total. The van der Waals surface area contributed by atoms with Crippen LogP contribution in [0.25, 0.3) is 0 Å². The Morgan fingerprint density at radius 1 is 1.14 bits per heavy atom. The minimum atomic E-state index is -0.901. The summed E-state index contributed by atoms with van der Waals surface area (Å²) in [5.74, 6) is -0.703. The quantitative estimate of drug-likeness (QED) is 0.475. The van der Waals surface area contributed by atoms with E-state index >= 15 is 0 Å². The summed E-state index contributed by atoms with van der Waals surface area (Å²) >= 11 is 2.88. The van der Waals surface area contributed by atoms with Crippen molar-refractivity contribution in [1.82, 2.24) is 20.2 Å². The number of benzene rings is 1. The third kappa shape index (κ3) is 5.76. The van der Waals surface area contributed by atoms with Gasteiger partial charge >= 0.3 is 5.97 Å². The summed E-state index contributed by atoms with van der Waals surface area (Å²) in [5.41, 5.74) is 1.72. The highest BCUT2D eigenvalue weighted by molar-refractivity contribution is 7.13. The van der Waals surface area contributed by atoms with Crippen LogP contribution in [-0.4, -0.2) is 52.3 Å². The topological polar surface area (TPSA) is 101 Å². The molecule has 1 aromatic carbocycles. The molecule has 1 unspecified atom stereocenters. The first-order valence-corrected chi connectivity index (χ1v) is 13.3. The first-order chi connectivity index (χ1) is 16.9. The van der Waals surface area contributed by atoms with Gasteiger partial charge in [-0.15, -0.1) is 22.7 Å². The molecular formula is C25H28N4O4S2. The summed E-state index contributed by atoms with van der Waals surface area (Å²) in [5, 5.41) is 6.26. The van der Waals surface area contributed by atoms with Crippen molar-refractivity contribution in [3.63, 3.8) is 0 Å². The highest BCUT2D eigenvalue weighted by atomic mass is 32.1. The van der Waals surface area contributed by atoms with Gasteiger partial charge in [-0.3, -0.25) is 9.59 Å². The predicted octanol–water partition coefficient (Wildman–Crippen LogP) is 4.27. The maximum atomic E-state index is 12.9. The number of carbonyl (C=O) groups is 3. The van der Waals surface area contributed by atoms with Gasteiger partial charge in [-0.1, -0.05) is 30.3 Å². The molecule has 3 heterocycles. The van der Waals surface area contributed by atoms with Gasteiger partial charge in [-0.25, -0.2) is 14.8 Å². The molecule has 8 nitrogen and oxygen atoms in total. The third-order valence-electron chi connectivity index (χ3n) is 5.91. The molecule has 0 spiro atoms. The Hall–Kier alpha value is -3.11. The first-order valence-electron chi connectivity index (χ1n) is 11.6. The second-order valence-corrected chi connectivity index (χ2v) is 10.4. The van der Waals surface area contributed by atoms with E-state index in [1.54, 1.807) is 24.4 Å². The van der Waals surface area contributed by atoms with E-state index in [1.165, 1.54) is 22.7 Å². The SMILES string of the molecule is CCOC(=O)C(NC(=O)c1csc(C2CCN(C(=O)c3sc(C)nc3C)CC2)n1)c1ccccc1. The Morgan fingerprint density at radius 2 is 1.86 bits per heavy atom. The molecule has 0 saturated carbocycles. The van der Waals surface area contributed by atoms with E-state index in [0.29, 0.717) is 23.5 Å². The van der Waals surface area contributed by atoms with Crippen LogP contribution in [0.5, 0.6) is 0 Å². The van der Waals surface area contributed by atoms with E-state index in [2.05, 4.69) is 15.3 Å². The number of hydrogen-bond acceptors (Lipinski definition) is 8. The summed E-state index contributed by atoms with van der Waals surface area (Å²) < 4.78 is 5.16. The van der Waals surface area contributed by atoms with Crippen molar-refractivity contribution in [1.29, 1.82) is 0 Å². The molecule has 0 aliphatic carbocycles. The second kappa shape index (κ2) is 11.1. The van der Waals surface area contributed by atoms with Crippen LogP contribution < -0.4 is 5.32 Å². The molecular weight excluding hydrogens is 484 g/mol. The lowest BCUT2D eigenvalue weighted by Crippen LogP contribution is -2.38. The molecule has 4 rings (SSSR count). The molecule has 0 radical (unpaired) electrons. The average molecular weight is 513 g/mol. The lowest BCUT2D eigenvalue weighted by Gasteiger charge is -2.30. The van der Waals surface area contributed by atoms with Gasteiger partial charge in [0.2, 0.25) is 0 Å². The predicted molar refractivity (Wildman–Crippen MR) is 135 cm³/mol. The maximum Gasteiger partial charge on any atom is 0.333 e. The van der Waals surface area contributed by atoms with Crippen molar-refractivity contribution < 1.29 is 19.1 Å². The van der Waals surface area contributed by atoms with Crippen molar-refractivity contribution in [2.24, 2.45) is 0 Å². The molecule has 35 heavy (non-hydrogen) atoms. The van der Waals surface area contributed by atoms with Crippen LogP contribution >= 0.6 is 22.7 Å². The lowest BCUT2D eigenvalue weighted by atomic mass is 9.97. The number of nitrogens with zero attached hydrogens (tertiary/aromatic N) is 3. The van der Waals surface area contributed by atoms with Gasteiger partial charge in [0.25, 0.3) is 11.8 Å². The summed E-state index contributed by atoms with van der Waals surface area (Å²) in [6, 6.07) is 8.11. The molecule has 1 fully saturated rings. The fraction of sp³-hybridized carbons (Fsp3) is 0.400. The minimum absolute atomic E-state index is 0.0386. The Morgan fingerprint density at radius 3 is 2.49 bits per heavy atom. The molecule has 2 aromatic heterocycles. The van der Waals surface area contributed by atoms with E-state index in [-0.39, 0.29) is 24.1 Å². The highest BCUT2D eigenvalue weighted by Gasteiger charge is 2.30. The Balaban J connectivity index is 1.39. The molecule has 3 aromatic rings. The smallest absolute Gasteiger partial charge is 0.333 e. The summed E-state index contributed by atoms with van der Waals surface area (Å²) in [7, 11) is 0. The van der Waals surface area contributed by atoms with Crippen molar-refractivity contribution in [2.75, 3.05) is 19.7 Å². The van der Waals surface area contributed by atoms with Crippen LogP contribution in [0.4, 0.5) is 0 Å². The number of thiazole rings is 2. The van der Waals surface area contributed by atoms with Crippen LogP contribution in [-0.2, 0) is 9.53 Å². The zero-order valence-corrected chi connectivity index (χ0v) is 21.6. The molecule has 10 heteroatoms. The minimum Gasteiger partial charge on any atom is -0.464 e. The number of nitrogens with one attached hydrogen (secondary N) is 1. The summed E-state index contributed by atoms with van der Waals surface area (Å²) in [6.45, 7) is 7.01. The van der Waals surface area contributed by atoms with Gasteiger partial charge in [-0.2, -0.15) is 0 Å². The van der Waals surface area contributed by atoms with Crippen LogP contribution in [0.2, 0.25) is 0 Å². The largest absolute Gasteiger partial charge is 0.464 e. The fourth-order valence-corrected chi connectivity index (χ4v) is 6.00. The normalized spacial score (nSPS) is 15.0. The van der Waals surface area contributed by atoms with E-state index in [4.69, 9.17) is 4.74 Å². The Kier molecular flexibility index (Phi) is 7.92. The van der Waals surface area contributed by atoms with Crippen LogP contribution in [0.15, 0.2) is 35.7 Å². The van der Waals surface area contributed by atoms with Crippen molar-refractivity contribution in [2.45, 2.75) is 45.6 Å². The number of esters is 1. The van der Waals surface area contributed by atoms with E-state index in [1.807, 2.05) is 36.9 Å². The van der Waals surface area contributed by atoms with Crippen LogP contribution in [0, 0.1) is 13.8 Å². The van der Waals surface area contributed by atoms with Gasteiger partial charge in [-0.05, 0) is 39.2 Å². The zero-order chi connectivity index (χ0) is 24.9. The first kappa shape index (κ1) is 25.0. The third-order valence-corrected chi connectivity index (χ3v) is 7.98. The standard InChI is InChI=1S/C25H28N4O4S2/c1-4-33-25(32)20(17-8-6-5-7-9-17)28-22(30)19-14-34-23(27-19)18-10-12-29(13-11-18)24(31)21-15(2)26-16(3)35-21/h5-9,14,18,20H,4,10-13H2,1-3H3,(H,28,30). The highest BCUT2D eigenvalue weighted by Crippen LogP contribution is 2.32. The number of aryl methyl sites for hydroxylation is 2. The molecule has 2 amide bonds.